The fourth-order valence-corrected chi connectivity index (χ4v) is 2.56. The third-order valence-corrected chi connectivity index (χ3v) is 3.61. The van der Waals surface area contributed by atoms with Crippen molar-refractivity contribution >= 4 is 21.4 Å². The van der Waals surface area contributed by atoms with Crippen LogP contribution in [0, 0.1) is 0 Å². The lowest BCUT2D eigenvalue weighted by atomic mass is 10.0. The van der Waals surface area contributed by atoms with Crippen LogP contribution in [0.15, 0.2) is 51.9 Å². The molecule has 2 aromatic carbocycles. The van der Waals surface area contributed by atoms with Crippen molar-refractivity contribution in [3.05, 3.63) is 52.9 Å². The molecule has 0 unspecified atom stereocenters. The molecule has 0 spiro atoms. The average Bonchev–Trinajstić information content (AvgIpc) is 2.46. The zero-order chi connectivity index (χ0) is 17.5. The Morgan fingerprint density at radius 2 is 1.71 bits per heavy atom. The van der Waals surface area contributed by atoms with Crippen molar-refractivity contribution in [3.8, 4) is 28.4 Å². The molecule has 0 atom stereocenters. The molecule has 124 valence electrons. The van der Waals surface area contributed by atoms with Gasteiger partial charge < -0.3 is 18.8 Å². The van der Waals surface area contributed by atoms with Crippen LogP contribution < -0.4 is 9.61 Å². The summed E-state index contributed by atoms with van der Waals surface area (Å²) in [6, 6.07) is 7.70. The van der Waals surface area contributed by atoms with Gasteiger partial charge in [-0.25, -0.2) is 0 Å². The highest BCUT2D eigenvalue weighted by Crippen LogP contribution is 2.31. The summed E-state index contributed by atoms with van der Waals surface area (Å²) in [6.45, 7) is 0. The molecular formula is C15H10O8S. The molecule has 0 aliphatic carbocycles. The van der Waals surface area contributed by atoms with Gasteiger partial charge in [-0.05, 0) is 17.7 Å². The Bertz CT molecular complexity index is 1080. The standard InChI is InChI=1S/C15H10O8S/c16-9-3-1-8(2-4-9)11-7-22-13-6-10(23-24(19,20)21)5-12(17)14(13)15(11)18/h1-7,16-17H,(H,19,20,21). The Morgan fingerprint density at radius 3 is 2.33 bits per heavy atom. The van der Waals surface area contributed by atoms with Gasteiger partial charge in [-0.15, -0.1) is 0 Å². The Balaban J connectivity index is 2.19. The van der Waals surface area contributed by atoms with Crippen molar-refractivity contribution in [2.75, 3.05) is 0 Å². The van der Waals surface area contributed by atoms with Gasteiger partial charge in [-0.1, -0.05) is 12.1 Å². The van der Waals surface area contributed by atoms with Crippen LogP contribution in [0.1, 0.15) is 0 Å². The van der Waals surface area contributed by atoms with Crippen LogP contribution in [0.5, 0.6) is 17.2 Å². The van der Waals surface area contributed by atoms with Gasteiger partial charge >= 0.3 is 10.4 Å². The van der Waals surface area contributed by atoms with Gasteiger partial charge in [0.2, 0.25) is 5.43 Å². The van der Waals surface area contributed by atoms with E-state index in [2.05, 4.69) is 4.18 Å². The zero-order valence-corrected chi connectivity index (χ0v) is 12.6. The van der Waals surface area contributed by atoms with Crippen molar-refractivity contribution in [1.82, 2.24) is 0 Å². The molecule has 0 bridgehead atoms. The fourth-order valence-electron chi connectivity index (χ4n) is 2.22. The van der Waals surface area contributed by atoms with Crippen LogP contribution in [-0.2, 0) is 10.4 Å². The van der Waals surface area contributed by atoms with E-state index in [1.807, 2.05) is 0 Å². The third-order valence-electron chi connectivity index (χ3n) is 3.21. The van der Waals surface area contributed by atoms with Crippen molar-refractivity contribution in [1.29, 1.82) is 0 Å². The molecular weight excluding hydrogens is 340 g/mol. The number of benzene rings is 2. The summed E-state index contributed by atoms with van der Waals surface area (Å²) in [5.74, 6) is -0.956. The lowest BCUT2D eigenvalue weighted by Crippen LogP contribution is -2.08. The Kier molecular flexibility index (Phi) is 3.66. The first-order chi connectivity index (χ1) is 11.2. The fraction of sp³-hybridized carbons (Fsp3) is 0. The molecule has 0 aliphatic heterocycles. The second kappa shape index (κ2) is 5.55. The number of aromatic hydroxyl groups is 2. The van der Waals surface area contributed by atoms with Gasteiger partial charge in [0.15, 0.2) is 5.75 Å². The highest BCUT2D eigenvalue weighted by Gasteiger charge is 2.16. The van der Waals surface area contributed by atoms with E-state index in [4.69, 9.17) is 8.97 Å². The third kappa shape index (κ3) is 3.03. The summed E-state index contributed by atoms with van der Waals surface area (Å²) in [6.07, 6.45) is 1.13. The summed E-state index contributed by atoms with van der Waals surface area (Å²) < 4.78 is 39.6. The van der Waals surface area contributed by atoms with Gasteiger partial charge in [0.1, 0.15) is 28.7 Å². The number of fused-ring (bicyclic) bond motifs is 1. The van der Waals surface area contributed by atoms with Gasteiger partial charge in [-0.2, -0.15) is 8.42 Å². The van der Waals surface area contributed by atoms with Crippen molar-refractivity contribution in [2.45, 2.75) is 0 Å². The maximum absolute atomic E-state index is 12.5. The molecule has 3 aromatic rings. The van der Waals surface area contributed by atoms with E-state index in [0.29, 0.717) is 5.56 Å². The van der Waals surface area contributed by atoms with Crippen LogP contribution in [0.2, 0.25) is 0 Å². The predicted octanol–water partition coefficient (Wildman–Crippen LogP) is 2.05. The van der Waals surface area contributed by atoms with Crippen molar-refractivity contribution < 1.29 is 31.8 Å². The molecule has 0 radical (unpaired) electrons. The second-order valence-electron chi connectivity index (χ2n) is 4.85. The van der Waals surface area contributed by atoms with Gasteiger partial charge in [0, 0.05) is 12.1 Å². The number of hydrogen-bond donors (Lipinski definition) is 3. The van der Waals surface area contributed by atoms with Gasteiger partial charge in [-0.3, -0.25) is 9.35 Å². The van der Waals surface area contributed by atoms with Crippen LogP contribution in [0.25, 0.3) is 22.1 Å². The molecule has 0 amide bonds. The molecule has 24 heavy (non-hydrogen) atoms. The number of phenolic OH excluding ortho intramolecular Hbond substituents is 2. The summed E-state index contributed by atoms with van der Waals surface area (Å²) in [5.41, 5.74) is -0.0821. The topological polar surface area (TPSA) is 134 Å². The molecule has 8 nitrogen and oxygen atoms in total. The largest absolute Gasteiger partial charge is 0.508 e. The highest BCUT2D eigenvalue weighted by atomic mass is 32.3. The smallest absolute Gasteiger partial charge is 0.446 e. The van der Waals surface area contributed by atoms with Crippen LogP contribution in [0.4, 0.5) is 0 Å². The summed E-state index contributed by atoms with van der Waals surface area (Å²) >= 11 is 0. The SMILES string of the molecule is O=c1c(-c2ccc(O)cc2)coc2cc(OS(=O)(=O)O)cc(O)c12. The van der Waals surface area contributed by atoms with Crippen molar-refractivity contribution in [2.24, 2.45) is 0 Å². The highest BCUT2D eigenvalue weighted by molar-refractivity contribution is 7.81. The minimum Gasteiger partial charge on any atom is -0.508 e. The minimum absolute atomic E-state index is 0.0266. The zero-order valence-electron chi connectivity index (χ0n) is 11.8. The molecule has 0 saturated heterocycles. The molecule has 0 fully saturated rings. The van der Waals surface area contributed by atoms with E-state index in [0.717, 1.165) is 18.4 Å². The summed E-state index contributed by atoms with van der Waals surface area (Å²) in [5, 5.41) is 19.1. The maximum atomic E-state index is 12.5. The maximum Gasteiger partial charge on any atom is 0.446 e. The first-order valence-electron chi connectivity index (χ1n) is 6.49. The molecule has 1 aromatic heterocycles. The number of hydrogen-bond acceptors (Lipinski definition) is 7. The summed E-state index contributed by atoms with van der Waals surface area (Å²) in [7, 11) is -4.78. The number of rotatable bonds is 3. The summed E-state index contributed by atoms with van der Waals surface area (Å²) in [4.78, 5) is 12.5. The van der Waals surface area contributed by atoms with Crippen LogP contribution >= 0.6 is 0 Å². The molecule has 0 aliphatic rings. The van der Waals surface area contributed by atoms with Gasteiger partial charge in [0.05, 0.1) is 5.56 Å². The van der Waals surface area contributed by atoms with E-state index in [9.17, 15) is 23.4 Å². The minimum atomic E-state index is -4.78. The average molecular weight is 350 g/mol. The van der Waals surface area contributed by atoms with Crippen molar-refractivity contribution in [3.63, 3.8) is 0 Å². The molecule has 3 N–H and O–H groups in total. The molecule has 3 rings (SSSR count). The predicted molar refractivity (Wildman–Crippen MR) is 83.4 cm³/mol. The molecule has 9 heteroatoms. The van der Waals surface area contributed by atoms with Crippen LogP contribution in [0.3, 0.4) is 0 Å². The first kappa shape index (κ1) is 15.8. The Hall–Kier alpha value is -3.04. The number of phenols is 2. The second-order valence-corrected chi connectivity index (χ2v) is 5.87. The normalized spacial score (nSPS) is 11.5. The first-order valence-corrected chi connectivity index (χ1v) is 7.86. The Labute approximate surface area is 135 Å². The monoisotopic (exact) mass is 350 g/mol. The lowest BCUT2D eigenvalue weighted by Gasteiger charge is -2.07. The lowest BCUT2D eigenvalue weighted by molar-refractivity contribution is 0.385. The Morgan fingerprint density at radius 1 is 1.04 bits per heavy atom. The van der Waals surface area contributed by atoms with E-state index in [1.54, 1.807) is 0 Å². The van der Waals surface area contributed by atoms with E-state index in [-0.39, 0.29) is 22.3 Å². The quantitative estimate of drug-likeness (QED) is 0.611. The van der Waals surface area contributed by atoms with E-state index < -0.39 is 27.3 Å². The van der Waals surface area contributed by atoms with Crippen LogP contribution in [-0.4, -0.2) is 23.2 Å². The van der Waals surface area contributed by atoms with Gasteiger partial charge in [0.25, 0.3) is 0 Å². The molecule has 0 saturated carbocycles. The molecule has 1 heterocycles. The van der Waals surface area contributed by atoms with E-state index >= 15 is 0 Å². The van der Waals surface area contributed by atoms with E-state index in [1.165, 1.54) is 24.3 Å².